The first-order valence-corrected chi connectivity index (χ1v) is 10.9. The van der Waals surface area contributed by atoms with E-state index < -0.39 is 0 Å². The van der Waals surface area contributed by atoms with Crippen LogP contribution >= 0.6 is 0 Å². The van der Waals surface area contributed by atoms with E-state index in [0.29, 0.717) is 5.75 Å². The van der Waals surface area contributed by atoms with Crippen LogP contribution in [0.25, 0.3) is 10.8 Å². The molecule has 32 heavy (non-hydrogen) atoms. The first kappa shape index (κ1) is 23.3. The zero-order chi connectivity index (χ0) is 23.5. The van der Waals surface area contributed by atoms with Gasteiger partial charge in [0.25, 0.3) is 5.91 Å². The third-order valence-electron chi connectivity index (χ3n) is 5.35. The van der Waals surface area contributed by atoms with Crippen molar-refractivity contribution in [2.45, 2.75) is 52.4 Å². The average molecular weight is 432 g/mol. The number of benzene rings is 3. The molecule has 0 aliphatic carbocycles. The summed E-state index contributed by atoms with van der Waals surface area (Å²) in [5, 5.41) is 20.4. The standard InChI is InChI=1S/C27H33N3O2/c1-26(2,3)22-13-18(14-23(25(22)32)27(4,5)6)16-29-30-24(31)17-28-21-12-11-19-9-7-8-10-20(19)15-21/h7-16,28,32H,17H2,1-6H3,(H,30,31)/b29-16+. The fourth-order valence-electron chi connectivity index (χ4n) is 3.57. The van der Waals surface area contributed by atoms with Crippen LogP contribution < -0.4 is 10.7 Å². The fraction of sp³-hybridized carbons (Fsp3) is 0.333. The van der Waals surface area contributed by atoms with Gasteiger partial charge in [-0.15, -0.1) is 0 Å². The molecule has 3 rings (SSSR count). The summed E-state index contributed by atoms with van der Waals surface area (Å²) >= 11 is 0. The fourth-order valence-corrected chi connectivity index (χ4v) is 3.57. The van der Waals surface area contributed by atoms with Crippen molar-refractivity contribution in [3.63, 3.8) is 0 Å². The summed E-state index contributed by atoms with van der Waals surface area (Å²) in [6.07, 6.45) is 1.62. The quantitative estimate of drug-likeness (QED) is 0.358. The molecule has 5 nitrogen and oxygen atoms in total. The van der Waals surface area contributed by atoms with Gasteiger partial charge in [0.15, 0.2) is 0 Å². The normalized spacial score (nSPS) is 12.3. The zero-order valence-electron chi connectivity index (χ0n) is 19.8. The predicted molar refractivity (Wildman–Crippen MR) is 134 cm³/mol. The number of carbonyl (C=O) groups is 1. The Labute approximate surface area is 190 Å². The molecule has 3 aromatic rings. The van der Waals surface area contributed by atoms with Crippen molar-refractivity contribution in [3.8, 4) is 5.75 Å². The second-order valence-electron chi connectivity index (χ2n) is 10.2. The van der Waals surface area contributed by atoms with Crippen LogP contribution in [0.1, 0.15) is 58.2 Å². The van der Waals surface area contributed by atoms with Gasteiger partial charge in [-0.2, -0.15) is 5.10 Å². The lowest BCUT2D eigenvalue weighted by atomic mass is 9.78. The highest BCUT2D eigenvalue weighted by Crippen LogP contribution is 2.39. The molecule has 0 radical (unpaired) electrons. The number of hydrazone groups is 1. The van der Waals surface area contributed by atoms with Gasteiger partial charge >= 0.3 is 0 Å². The Morgan fingerprint density at radius 2 is 1.50 bits per heavy atom. The first-order valence-electron chi connectivity index (χ1n) is 10.9. The van der Waals surface area contributed by atoms with Crippen LogP contribution in [0, 0.1) is 0 Å². The van der Waals surface area contributed by atoms with E-state index in [0.717, 1.165) is 33.2 Å². The second kappa shape index (κ2) is 9.03. The number of hydrogen-bond acceptors (Lipinski definition) is 4. The van der Waals surface area contributed by atoms with E-state index in [-0.39, 0.29) is 23.3 Å². The number of phenols is 1. The van der Waals surface area contributed by atoms with E-state index in [4.69, 9.17) is 0 Å². The molecule has 0 fully saturated rings. The maximum absolute atomic E-state index is 12.2. The van der Waals surface area contributed by atoms with Crippen molar-refractivity contribution >= 4 is 28.6 Å². The lowest BCUT2D eigenvalue weighted by Crippen LogP contribution is -2.26. The smallest absolute Gasteiger partial charge is 0.259 e. The molecular weight excluding hydrogens is 398 g/mol. The predicted octanol–water partition coefficient (Wildman–Crippen LogP) is 5.70. The third-order valence-corrected chi connectivity index (χ3v) is 5.35. The Hall–Kier alpha value is -3.34. The van der Waals surface area contributed by atoms with Crippen LogP contribution in [0.2, 0.25) is 0 Å². The Balaban J connectivity index is 1.68. The first-order chi connectivity index (χ1) is 14.9. The van der Waals surface area contributed by atoms with Gasteiger partial charge < -0.3 is 10.4 Å². The highest BCUT2D eigenvalue weighted by Gasteiger charge is 2.26. The molecule has 0 spiro atoms. The molecule has 168 valence electrons. The van der Waals surface area contributed by atoms with E-state index in [1.165, 1.54) is 0 Å². The number of aromatic hydroxyl groups is 1. The molecule has 3 aromatic carbocycles. The maximum Gasteiger partial charge on any atom is 0.259 e. The monoisotopic (exact) mass is 431 g/mol. The molecule has 0 aromatic heterocycles. The number of amides is 1. The van der Waals surface area contributed by atoms with Crippen molar-refractivity contribution in [1.82, 2.24) is 5.43 Å². The number of nitrogens with one attached hydrogen (secondary N) is 2. The Morgan fingerprint density at radius 3 is 2.09 bits per heavy atom. The Kier molecular flexibility index (Phi) is 6.58. The maximum atomic E-state index is 12.2. The van der Waals surface area contributed by atoms with Gasteiger partial charge in [0.1, 0.15) is 5.75 Å². The minimum Gasteiger partial charge on any atom is -0.507 e. The van der Waals surface area contributed by atoms with Gasteiger partial charge in [-0.1, -0.05) is 71.9 Å². The number of anilines is 1. The lowest BCUT2D eigenvalue weighted by Gasteiger charge is -2.27. The van der Waals surface area contributed by atoms with E-state index in [1.807, 2.05) is 48.5 Å². The van der Waals surface area contributed by atoms with E-state index >= 15 is 0 Å². The van der Waals surface area contributed by atoms with Crippen LogP contribution in [0.15, 0.2) is 59.7 Å². The van der Waals surface area contributed by atoms with Crippen molar-refractivity contribution in [2.75, 3.05) is 11.9 Å². The number of nitrogens with zero attached hydrogens (tertiary/aromatic N) is 1. The Morgan fingerprint density at radius 1 is 0.906 bits per heavy atom. The van der Waals surface area contributed by atoms with Crippen molar-refractivity contribution < 1.29 is 9.90 Å². The molecule has 0 saturated heterocycles. The van der Waals surface area contributed by atoms with Crippen LogP contribution in [0.5, 0.6) is 5.75 Å². The summed E-state index contributed by atoms with van der Waals surface area (Å²) in [5.74, 6) is 0.0889. The summed E-state index contributed by atoms with van der Waals surface area (Å²) < 4.78 is 0. The van der Waals surface area contributed by atoms with Crippen LogP contribution in [0.4, 0.5) is 5.69 Å². The number of carbonyl (C=O) groups excluding carboxylic acids is 1. The molecular formula is C27H33N3O2. The molecule has 0 unspecified atom stereocenters. The van der Waals surface area contributed by atoms with Gasteiger partial charge in [0.2, 0.25) is 0 Å². The number of hydrogen-bond donors (Lipinski definition) is 3. The molecule has 0 atom stereocenters. The van der Waals surface area contributed by atoms with Gasteiger partial charge in [-0.3, -0.25) is 4.79 Å². The molecule has 5 heteroatoms. The van der Waals surface area contributed by atoms with Crippen molar-refractivity contribution in [3.05, 3.63) is 71.3 Å². The van der Waals surface area contributed by atoms with E-state index in [2.05, 4.69) is 63.5 Å². The minimum atomic E-state index is -0.236. The van der Waals surface area contributed by atoms with E-state index in [9.17, 15) is 9.90 Å². The van der Waals surface area contributed by atoms with Gasteiger partial charge in [0.05, 0.1) is 12.8 Å². The van der Waals surface area contributed by atoms with Gasteiger partial charge in [0, 0.05) is 16.8 Å². The van der Waals surface area contributed by atoms with Crippen molar-refractivity contribution in [2.24, 2.45) is 5.10 Å². The second-order valence-corrected chi connectivity index (χ2v) is 10.2. The number of fused-ring (bicyclic) bond motifs is 1. The van der Waals surface area contributed by atoms with Gasteiger partial charge in [-0.25, -0.2) is 5.43 Å². The summed E-state index contributed by atoms with van der Waals surface area (Å²) in [4.78, 5) is 12.2. The number of rotatable bonds is 5. The average Bonchev–Trinajstić information content (AvgIpc) is 2.71. The largest absolute Gasteiger partial charge is 0.507 e. The lowest BCUT2D eigenvalue weighted by molar-refractivity contribution is -0.119. The molecule has 0 bridgehead atoms. The molecule has 0 aliphatic rings. The summed E-state index contributed by atoms with van der Waals surface area (Å²) in [6.45, 7) is 12.5. The van der Waals surface area contributed by atoms with Gasteiger partial charge in [-0.05, 0) is 51.4 Å². The number of phenolic OH excluding ortho intramolecular Hbond substituents is 1. The Bertz CT molecular complexity index is 1120. The summed E-state index contributed by atoms with van der Waals surface area (Å²) in [7, 11) is 0. The zero-order valence-corrected chi connectivity index (χ0v) is 19.8. The molecule has 3 N–H and O–H groups in total. The van der Waals surface area contributed by atoms with Crippen LogP contribution in [0.3, 0.4) is 0 Å². The summed E-state index contributed by atoms with van der Waals surface area (Å²) in [6, 6.07) is 17.9. The highest BCUT2D eigenvalue weighted by molar-refractivity contribution is 5.88. The third kappa shape index (κ3) is 5.67. The van der Waals surface area contributed by atoms with Crippen molar-refractivity contribution in [1.29, 1.82) is 0 Å². The topological polar surface area (TPSA) is 73.7 Å². The SMILES string of the molecule is CC(C)(C)c1cc(/C=N/NC(=O)CNc2ccc3ccccc3c2)cc(C(C)(C)C)c1O. The van der Waals surface area contributed by atoms with E-state index in [1.54, 1.807) is 6.21 Å². The molecule has 1 amide bonds. The highest BCUT2D eigenvalue weighted by atomic mass is 16.3. The van der Waals surface area contributed by atoms with Crippen LogP contribution in [-0.4, -0.2) is 23.8 Å². The molecule has 0 heterocycles. The minimum absolute atomic E-state index is 0.117. The summed E-state index contributed by atoms with van der Waals surface area (Å²) in [5.41, 5.74) is 5.56. The molecule has 0 aliphatic heterocycles. The molecule has 0 saturated carbocycles. The van der Waals surface area contributed by atoms with Crippen LogP contribution in [-0.2, 0) is 15.6 Å².